The molecule has 5 atom stereocenters. The number of rotatable bonds is 17. The SMILES string of the molecule is CC(C)[C@H](NC(=O)[C@H](Cc1ccccc1)NC(=O)[C@H](CCCN=C(N)N)NC(=O)[C@@H]1CCCN1C(=O)[C@H](C)NC(=O)CN)C(N)=O. The van der Waals surface area contributed by atoms with Crippen molar-refractivity contribution in [2.24, 2.45) is 33.8 Å². The Morgan fingerprint density at radius 2 is 1.57 bits per heavy atom. The highest BCUT2D eigenvalue weighted by Gasteiger charge is 2.38. The molecule has 1 aliphatic rings. The van der Waals surface area contributed by atoms with E-state index in [9.17, 15) is 28.8 Å². The topological polar surface area (TPSA) is 270 Å². The van der Waals surface area contributed by atoms with Crippen molar-refractivity contribution in [3.05, 3.63) is 35.9 Å². The monoisotopic (exact) mass is 644 g/mol. The molecule has 1 heterocycles. The van der Waals surface area contributed by atoms with Gasteiger partial charge < -0.3 is 49.1 Å². The van der Waals surface area contributed by atoms with Gasteiger partial charge in [0.1, 0.15) is 30.2 Å². The molecule has 0 unspecified atom stereocenters. The number of amides is 6. The zero-order valence-corrected chi connectivity index (χ0v) is 26.7. The molecule has 46 heavy (non-hydrogen) atoms. The van der Waals surface area contributed by atoms with Crippen molar-refractivity contribution in [3.63, 3.8) is 0 Å². The summed E-state index contributed by atoms with van der Waals surface area (Å²) in [5.41, 5.74) is 22.4. The lowest BCUT2D eigenvalue weighted by atomic mass is 10.0. The number of benzene rings is 1. The van der Waals surface area contributed by atoms with E-state index in [1.54, 1.807) is 38.1 Å². The summed E-state index contributed by atoms with van der Waals surface area (Å²) >= 11 is 0. The maximum absolute atomic E-state index is 13.7. The van der Waals surface area contributed by atoms with E-state index in [1.165, 1.54) is 11.8 Å². The molecule has 16 nitrogen and oxygen atoms in total. The molecule has 0 aliphatic carbocycles. The van der Waals surface area contributed by atoms with Crippen molar-refractivity contribution in [2.75, 3.05) is 19.6 Å². The molecular weight excluding hydrogens is 596 g/mol. The summed E-state index contributed by atoms with van der Waals surface area (Å²) in [6.45, 7) is 5.14. The van der Waals surface area contributed by atoms with Crippen LogP contribution in [-0.4, -0.2) is 96.1 Å². The van der Waals surface area contributed by atoms with Crippen molar-refractivity contribution < 1.29 is 28.8 Å². The van der Waals surface area contributed by atoms with E-state index in [0.717, 1.165) is 5.56 Å². The van der Waals surface area contributed by atoms with Crippen LogP contribution >= 0.6 is 0 Å². The first-order chi connectivity index (χ1) is 21.7. The normalized spacial score (nSPS) is 16.8. The van der Waals surface area contributed by atoms with Gasteiger partial charge in [0.25, 0.3) is 0 Å². The highest BCUT2D eigenvalue weighted by Crippen LogP contribution is 2.19. The van der Waals surface area contributed by atoms with Gasteiger partial charge in [-0.05, 0) is 44.1 Å². The quantitative estimate of drug-likeness (QED) is 0.0498. The predicted octanol–water partition coefficient (Wildman–Crippen LogP) is -2.67. The fourth-order valence-corrected chi connectivity index (χ4v) is 5.11. The van der Waals surface area contributed by atoms with Crippen LogP contribution in [0, 0.1) is 5.92 Å². The van der Waals surface area contributed by atoms with Crippen LogP contribution in [0.3, 0.4) is 0 Å². The van der Waals surface area contributed by atoms with Gasteiger partial charge in [-0.15, -0.1) is 0 Å². The molecule has 16 heteroatoms. The molecule has 2 rings (SSSR count). The molecule has 0 spiro atoms. The Balaban J connectivity index is 2.29. The maximum atomic E-state index is 13.7. The minimum absolute atomic E-state index is 0.0912. The lowest BCUT2D eigenvalue weighted by Gasteiger charge is -2.29. The zero-order chi connectivity index (χ0) is 34.4. The molecule has 0 radical (unpaired) electrons. The molecule has 0 saturated carbocycles. The summed E-state index contributed by atoms with van der Waals surface area (Å²) in [4.78, 5) is 82.8. The van der Waals surface area contributed by atoms with Crippen molar-refractivity contribution in [1.29, 1.82) is 0 Å². The number of nitrogens with one attached hydrogen (secondary N) is 4. The number of nitrogens with zero attached hydrogens (tertiary/aromatic N) is 2. The van der Waals surface area contributed by atoms with Crippen LogP contribution in [0.15, 0.2) is 35.3 Å². The maximum Gasteiger partial charge on any atom is 0.245 e. The predicted molar refractivity (Wildman–Crippen MR) is 171 cm³/mol. The third-order valence-electron chi connectivity index (χ3n) is 7.54. The first kappa shape index (κ1) is 37.5. The summed E-state index contributed by atoms with van der Waals surface area (Å²) in [7, 11) is 0. The van der Waals surface area contributed by atoms with Gasteiger partial charge in [0.05, 0.1) is 6.54 Å². The average molecular weight is 645 g/mol. The largest absolute Gasteiger partial charge is 0.370 e. The lowest BCUT2D eigenvalue weighted by Crippen LogP contribution is -2.59. The van der Waals surface area contributed by atoms with E-state index in [2.05, 4.69) is 26.3 Å². The van der Waals surface area contributed by atoms with Gasteiger partial charge in [0.2, 0.25) is 35.4 Å². The number of likely N-dealkylation sites (tertiary alicyclic amines) is 1. The van der Waals surface area contributed by atoms with Crippen molar-refractivity contribution >= 4 is 41.4 Å². The van der Waals surface area contributed by atoms with Crippen LogP contribution in [0.25, 0.3) is 0 Å². The molecule has 6 amide bonds. The Kier molecular flexibility index (Phi) is 14.9. The second kappa shape index (κ2) is 18.3. The van der Waals surface area contributed by atoms with Crippen LogP contribution in [-0.2, 0) is 35.2 Å². The van der Waals surface area contributed by atoms with E-state index in [1.807, 2.05) is 6.07 Å². The fraction of sp³-hybridized carbons (Fsp3) is 0.567. The second-order valence-corrected chi connectivity index (χ2v) is 11.6. The molecule has 1 fully saturated rings. The van der Waals surface area contributed by atoms with E-state index in [0.29, 0.717) is 19.3 Å². The third-order valence-corrected chi connectivity index (χ3v) is 7.54. The Morgan fingerprint density at radius 1 is 0.913 bits per heavy atom. The minimum Gasteiger partial charge on any atom is -0.370 e. The number of hydrogen-bond donors (Lipinski definition) is 8. The molecule has 1 aromatic carbocycles. The van der Waals surface area contributed by atoms with Gasteiger partial charge in [-0.1, -0.05) is 44.2 Å². The summed E-state index contributed by atoms with van der Waals surface area (Å²) in [6, 6.07) is 3.95. The average Bonchev–Trinajstić information content (AvgIpc) is 3.50. The highest BCUT2D eigenvalue weighted by molar-refractivity contribution is 5.96. The Labute approximate surface area is 268 Å². The Hall–Kier alpha value is -4.73. The third kappa shape index (κ3) is 11.6. The van der Waals surface area contributed by atoms with E-state index >= 15 is 0 Å². The van der Waals surface area contributed by atoms with Crippen LogP contribution in [0.4, 0.5) is 0 Å². The van der Waals surface area contributed by atoms with Gasteiger partial charge >= 0.3 is 0 Å². The number of aliphatic imine (C=N–C) groups is 1. The zero-order valence-electron chi connectivity index (χ0n) is 26.7. The molecular formula is C30H48N10O6. The fourth-order valence-electron chi connectivity index (χ4n) is 5.11. The van der Waals surface area contributed by atoms with Crippen LogP contribution in [0.2, 0.25) is 0 Å². The minimum atomic E-state index is -1.13. The van der Waals surface area contributed by atoms with Gasteiger partial charge in [-0.25, -0.2) is 0 Å². The van der Waals surface area contributed by atoms with Gasteiger partial charge in [-0.2, -0.15) is 0 Å². The van der Waals surface area contributed by atoms with Crippen LogP contribution in [0.1, 0.15) is 52.0 Å². The number of carbonyl (C=O) groups is 6. The number of guanidine groups is 1. The number of hydrogen-bond acceptors (Lipinski definition) is 8. The molecule has 1 aromatic rings. The lowest BCUT2D eigenvalue weighted by molar-refractivity contribution is -0.141. The molecule has 0 aromatic heterocycles. The summed E-state index contributed by atoms with van der Waals surface area (Å²) < 4.78 is 0. The standard InChI is InChI=1S/C30H48N10O6/c1-17(2)24(25(32)42)39-27(44)21(15-19-9-5-4-6-10-19)38-26(43)20(11-7-13-35-30(33)34)37-28(45)22-12-8-14-40(22)29(46)18(3)36-23(41)16-31/h4-6,9-10,17-18,20-22,24H,7-8,11-16,31H2,1-3H3,(H2,32,42)(H,36,41)(H,37,45)(H,38,43)(H,39,44)(H4,33,34,35)/t18-,20-,21-,22-,24-/m0/s1. The Morgan fingerprint density at radius 3 is 2.15 bits per heavy atom. The number of nitrogens with two attached hydrogens (primary N) is 4. The Bertz CT molecular complexity index is 1250. The number of primary amides is 1. The summed E-state index contributed by atoms with van der Waals surface area (Å²) in [5.74, 6) is -3.97. The molecule has 254 valence electrons. The number of carbonyl (C=O) groups excluding carboxylic acids is 6. The van der Waals surface area contributed by atoms with E-state index in [-0.39, 0.29) is 44.4 Å². The molecule has 1 aliphatic heterocycles. The first-order valence-electron chi connectivity index (χ1n) is 15.3. The highest BCUT2D eigenvalue weighted by atomic mass is 16.2. The van der Waals surface area contributed by atoms with E-state index in [4.69, 9.17) is 22.9 Å². The van der Waals surface area contributed by atoms with Crippen molar-refractivity contribution in [1.82, 2.24) is 26.2 Å². The van der Waals surface area contributed by atoms with Crippen LogP contribution < -0.4 is 44.2 Å². The van der Waals surface area contributed by atoms with Crippen molar-refractivity contribution in [3.8, 4) is 0 Å². The smallest absolute Gasteiger partial charge is 0.245 e. The molecule has 1 saturated heterocycles. The van der Waals surface area contributed by atoms with Gasteiger partial charge in [-0.3, -0.25) is 33.8 Å². The first-order valence-corrected chi connectivity index (χ1v) is 15.3. The summed E-state index contributed by atoms with van der Waals surface area (Å²) in [5, 5.41) is 10.6. The van der Waals surface area contributed by atoms with E-state index < -0.39 is 65.7 Å². The molecule has 0 bridgehead atoms. The summed E-state index contributed by atoms with van der Waals surface area (Å²) in [6.07, 6.45) is 1.39. The van der Waals surface area contributed by atoms with Crippen LogP contribution in [0.5, 0.6) is 0 Å². The van der Waals surface area contributed by atoms with Gasteiger partial charge in [0, 0.05) is 19.5 Å². The van der Waals surface area contributed by atoms with Crippen molar-refractivity contribution in [2.45, 2.75) is 83.1 Å². The second-order valence-electron chi connectivity index (χ2n) is 11.6. The van der Waals surface area contributed by atoms with Gasteiger partial charge in [0.15, 0.2) is 5.96 Å². The molecule has 12 N–H and O–H groups in total.